The molecule has 24 heavy (non-hydrogen) atoms. The van der Waals surface area contributed by atoms with Crippen LogP contribution in [0, 0.1) is 11.8 Å². The molecule has 5 heteroatoms. The quantitative estimate of drug-likeness (QED) is 0.511. The van der Waals surface area contributed by atoms with Crippen molar-refractivity contribution >= 4 is 5.91 Å². The highest BCUT2D eigenvalue weighted by atomic mass is 16.3. The molecule has 4 N–H and O–H groups in total. The molecule has 0 aromatic heterocycles. The van der Waals surface area contributed by atoms with Crippen LogP contribution >= 0.6 is 0 Å². The van der Waals surface area contributed by atoms with Crippen LogP contribution in [0.15, 0.2) is 0 Å². The highest BCUT2D eigenvalue weighted by Crippen LogP contribution is 2.30. The van der Waals surface area contributed by atoms with E-state index >= 15 is 0 Å². The van der Waals surface area contributed by atoms with Crippen molar-refractivity contribution in [3.8, 4) is 0 Å². The summed E-state index contributed by atoms with van der Waals surface area (Å²) in [6.45, 7) is 6.53. The Morgan fingerprint density at radius 3 is 2.58 bits per heavy atom. The molecular formula is C19H37N3O2. The largest absolute Gasteiger partial charge is 0.380 e. The summed E-state index contributed by atoms with van der Waals surface area (Å²) in [6, 6.07) is 0. The maximum Gasteiger partial charge on any atom is 0.251 e. The second-order valence-corrected chi connectivity index (χ2v) is 8.19. The van der Waals surface area contributed by atoms with E-state index in [4.69, 9.17) is 0 Å². The van der Waals surface area contributed by atoms with Gasteiger partial charge in [0, 0.05) is 6.54 Å². The molecule has 0 aromatic carbocycles. The van der Waals surface area contributed by atoms with Gasteiger partial charge >= 0.3 is 0 Å². The van der Waals surface area contributed by atoms with Gasteiger partial charge in [0.2, 0.25) is 0 Å². The lowest BCUT2D eigenvalue weighted by Gasteiger charge is -2.30. The smallest absolute Gasteiger partial charge is 0.251 e. The van der Waals surface area contributed by atoms with Gasteiger partial charge in [0.05, 0.1) is 6.17 Å². The fourth-order valence-electron chi connectivity index (χ4n) is 3.98. The van der Waals surface area contributed by atoms with Crippen molar-refractivity contribution in [2.75, 3.05) is 19.6 Å². The van der Waals surface area contributed by atoms with E-state index in [1.165, 1.54) is 32.1 Å². The average molecular weight is 340 g/mol. The van der Waals surface area contributed by atoms with Crippen molar-refractivity contribution in [2.45, 2.75) is 83.4 Å². The Morgan fingerprint density at radius 2 is 1.92 bits per heavy atom. The number of carbonyl (C=O) groups is 1. The lowest BCUT2D eigenvalue weighted by Crippen LogP contribution is -2.49. The van der Waals surface area contributed by atoms with Gasteiger partial charge in [-0.25, -0.2) is 0 Å². The van der Waals surface area contributed by atoms with Crippen LogP contribution in [0.4, 0.5) is 0 Å². The summed E-state index contributed by atoms with van der Waals surface area (Å²) in [5, 5.41) is 20.4. The zero-order valence-corrected chi connectivity index (χ0v) is 15.6. The molecule has 1 saturated carbocycles. The second-order valence-electron chi connectivity index (χ2n) is 8.19. The van der Waals surface area contributed by atoms with Crippen molar-refractivity contribution in [2.24, 2.45) is 11.8 Å². The van der Waals surface area contributed by atoms with E-state index in [0.29, 0.717) is 25.0 Å². The van der Waals surface area contributed by atoms with Gasteiger partial charge in [-0.2, -0.15) is 0 Å². The van der Waals surface area contributed by atoms with Crippen LogP contribution in [0.1, 0.15) is 71.6 Å². The van der Waals surface area contributed by atoms with Crippen LogP contribution in [0.2, 0.25) is 0 Å². The zero-order valence-electron chi connectivity index (χ0n) is 15.6. The normalized spacial score (nSPS) is 28.3. The first-order chi connectivity index (χ1) is 11.5. The van der Waals surface area contributed by atoms with E-state index < -0.39 is 5.60 Å². The van der Waals surface area contributed by atoms with E-state index in [9.17, 15) is 9.90 Å². The Hall–Kier alpha value is -0.650. The van der Waals surface area contributed by atoms with E-state index in [1.54, 1.807) is 6.92 Å². The number of aliphatic hydroxyl groups is 1. The minimum absolute atomic E-state index is 0.210. The molecule has 2 aliphatic rings. The molecule has 5 nitrogen and oxygen atoms in total. The summed E-state index contributed by atoms with van der Waals surface area (Å²) in [6.07, 6.45) is 10.4. The Morgan fingerprint density at radius 1 is 1.17 bits per heavy atom. The van der Waals surface area contributed by atoms with Crippen LogP contribution in [-0.2, 0) is 4.79 Å². The Bertz CT molecular complexity index is 373. The molecule has 140 valence electrons. The third kappa shape index (κ3) is 6.69. The van der Waals surface area contributed by atoms with E-state index in [-0.39, 0.29) is 5.91 Å². The van der Waals surface area contributed by atoms with Gasteiger partial charge in [0.1, 0.15) is 5.60 Å². The molecule has 0 bridgehead atoms. The third-order valence-corrected chi connectivity index (χ3v) is 5.59. The molecule has 1 amide bonds. The average Bonchev–Trinajstić information content (AvgIpc) is 2.56. The van der Waals surface area contributed by atoms with E-state index in [2.05, 4.69) is 22.9 Å². The highest BCUT2D eigenvalue weighted by Gasteiger charge is 2.33. The first-order valence-electron chi connectivity index (χ1n) is 9.95. The summed E-state index contributed by atoms with van der Waals surface area (Å²) in [4.78, 5) is 12.2. The lowest BCUT2D eigenvalue weighted by atomic mass is 9.81. The van der Waals surface area contributed by atoms with Crippen molar-refractivity contribution in [1.82, 2.24) is 16.0 Å². The number of hydrogen-bond donors (Lipinski definition) is 4. The molecule has 1 aliphatic carbocycles. The number of rotatable bonds is 8. The molecular weight excluding hydrogens is 302 g/mol. The van der Waals surface area contributed by atoms with Gasteiger partial charge in [-0.05, 0) is 57.5 Å². The van der Waals surface area contributed by atoms with Crippen LogP contribution in [-0.4, -0.2) is 42.4 Å². The fraction of sp³-hybridized carbons (Fsp3) is 0.947. The van der Waals surface area contributed by atoms with Crippen LogP contribution in [0.3, 0.4) is 0 Å². The Balaban J connectivity index is 1.56. The molecule has 0 radical (unpaired) electrons. The van der Waals surface area contributed by atoms with Gasteiger partial charge in [0.25, 0.3) is 5.91 Å². The zero-order chi connectivity index (χ0) is 17.4. The van der Waals surface area contributed by atoms with Gasteiger partial charge in [-0.15, -0.1) is 0 Å². The predicted octanol–water partition coefficient (Wildman–Crippen LogP) is 2.15. The van der Waals surface area contributed by atoms with Gasteiger partial charge in [0.15, 0.2) is 0 Å². The molecule has 3 atom stereocenters. The minimum Gasteiger partial charge on any atom is -0.380 e. The number of amides is 1. The van der Waals surface area contributed by atoms with Crippen LogP contribution < -0.4 is 16.0 Å². The lowest BCUT2D eigenvalue weighted by molar-refractivity contribution is -0.140. The first kappa shape index (κ1) is 19.7. The minimum atomic E-state index is -1.23. The Labute approximate surface area is 147 Å². The van der Waals surface area contributed by atoms with Gasteiger partial charge < -0.3 is 21.1 Å². The predicted molar refractivity (Wildman–Crippen MR) is 97.6 cm³/mol. The topological polar surface area (TPSA) is 73.4 Å². The molecule has 3 unspecified atom stereocenters. The Kier molecular flexibility index (Phi) is 7.98. The molecule has 1 saturated heterocycles. The second kappa shape index (κ2) is 9.73. The summed E-state index contributed by atoms with van der Waals surface area (Å²) in [5.41, 5.74) is -1.23. The third-order valence-electron chi connectivity index (χ3n) is 5.59. The van der Waals surface area contributed by atoms with Gasteiger partial charge in [-0.3, -0.25) is 4.79 Å². The monoisotopic (exact) mass is 339 g/mol. The molecule has 2 rings (SSSR count). The summed E-state index contributed by atoms with van der Waals surface area (Å²) >= 11 is 0. The fourth-order valence-corrected chi connectivity index (χ4v) is 3.98. The maximum absolute atomic E-state index is 12.2. The highest BCUT2D eigenvalue weighted by molar-refractivity contribution is 5.84. The maximum atomic E-state index is 12.2. The number of carbonyl (C=O) groups excluding carboxylic acids is 1. The summed E-state index contributed by atoms with van der Waals surface area (Å²) < 4.78 is 0. The number of piperidine rings is 1. The summed E-state index contributed by atoms with van der Waals surface area (Å²) in [7, 11) is 0. The molecule has 0 aromatic rings. The molecule has 1 heterocycles. The van der Waals surface area contributed by atoms with Crippen LogP contribution in [0.5, 0.6) is 0 Å². The van der Waals surface area contributed by atoms with Crippen molar-refractivity contribution in [3.63, 3.8) is 0 Å². The number of nitrogens with one attached hydrogen (secondary N) is 3. The van der Waals surface area contributed by atoms with E-state index in [1.807, 2.05) is 0 Å². The molecule has 2 fully saturated rings. The SMILES string of the molecule is CC1CCC(NCCCNC(=O)C(C)(O)CC2CCCCC2)NC1. The van der Waals surface area contributed by atoms with Crippen LogP contribution in [0.25, 0.3) is 0 Å². The van der Waals surface area contributed by atoms with Crippen molar-refractivity contribution in [3.05, 3.63) is 0 Å². The van der Waals surface area contributed by atoms with Crippen molar-refractivity contribution < 1.29 is 9.90 Å². The first-order valence-corrected chi connectivity index (χ1v) is 9.95. The molecule has 1 aliphatic heterocycles. The number of hydrogen-bond acceptors (Lipinski definition) is 4. The van der Waals surface area contributed by atoms with E-state index in [0.717, 1.165) is 38.3 Å². The van der Waals surface area contributed by atoms with Crippen molar-refractivity contribution in [1.29, 1.82) is 0 Å². The molecule has 0 spiro atoms. The van der Waals surface area contributed by atoms with Gasteiger partial charge in [-0.1, -0.05) is 39.0 Å². The standard InChI is InChI=1S/C19H37N3O2/c1-15-9-10-17(22-14-15)20-11-6-12-21-18(23)19(2,24)13-16-7-4-3-5-8-16/h15-17,20,22,24H,3-14H2,1-2H3,(H,21,23). The summed E-state index contributed by atoms with van der Waals surface area (Å²) in [5.74, 6) is 1.06.